The summed E-state index contributed by atoms with van der Waals surface area (Å²) in [4.78, 5) is 0. The first-order valence-corrected chi connectivity index (χ1v) is 10.8. The van der Waals surface area contributed by atoms with Crippen LogP contribution in [0.4, 0.5) is 22.0 Å². The Morgan fingerprint density at radius 3 is 1.94 bits per heavy atom. The molecule has 0 aliphatic carbocycles. The highest BCUT2D eigenvalue weighted by Gasteiger charge is 2.37. The first kappa shape index (κ1) is 22.8. The Morgan fingerprint density at radius 1 is 0.697 bits per heavy atom. The molecule has 0 N–H and O–H groups in total. The maximum Gasteiger partial charge on any atom is 0.422 e. The third-order valence-electron chi connectivity index (χ3n) is 5.65. The summed E-state index contributed by atoms with van der Waals surface area (Å²) in [7, 11) is 0. The molecule has 0 aromatic heterocycles. The van der Waals surface area contributed by atoms with E-state index in [0.717, 1.165) is 28.0 Å². The van der Waals surface area contributed by atoms with Crippen LogP contribution in [0.5, 0.6) is 0 Å². The van der Waals surface area contributed by atoms with E-state index >= 15 is 0 Å². The number of benzene rings is 4. The normalized spacial score (nSPS) is 11.6. The van der Waals surface area contributed by atoms with Crippen LogP contribution in [-0.4, -0.2) is 0 Å². The van der Waals surface area contributed by atoms with Gasteiger partial charge in [-0.1, -0.05) is 68.0 Å². The summed E-state index contributed by atoms with van der Waals surface area (Å²) in [5.74, 6) is 1.99. The number of halogens is 5. The fraction of sp³-hybridized carbons (Fsp3) is 0.214. The molecule has 0 saturated heterocycles. The first-order chi connectivity index (χ1) is 15.8. The monoisotopic (exact) mass is 452 g/mol. The van der Waals surface area contributed by atoms with Crippen LogP contribution in [0.25, 0.3) is 21.5 Å². The maximum atomic E-state index is 13.8. The summed E-state index contributed by atoms with van der Waals surface area (Å²) < 4.78 is 65.7. The van der Waals surface area contributed by atoms with Gasteiger partial charge in [-0.25, -0.2) is 8.78 Å². The van der Waals surface area contributed by atoms with Crippen LogP contribution in [0.15, 0.2) is 60.7 Å². The van der Waals surface area contributed by atoms with Crippen molar-refractivity contribution in [2.45, 2.75) is 38.8 Å². The first-order valence-electron chi connectivity index (χ1n) is 10.8. The van der Waals surface area contributed by atoms with Crippen molar-refractivity contribution >= 4 is 21.5 Å². The summed E-state index contributed by atoms with van der Waals surface area (Å²) in [6.45, 7) is 2.19. The van der Waals surface area contributed by atoms with Crippen molar-refractivity contribution < 1.29 is 22.0 Å². The van der Waals surface area contributed by atoms with E-state index in [0.29, 0.717) is 17.7 Å². The third kappa shape index (κ3) is 5.01. The molecule has 0 aliphatic rings. The molecule has 4 aromatic carbocycles. The fourth-order valence-corrected chi connectivity index (χ4v) is 3.99. The quantitative estimate of drug-likeness (QED) is 0.126. The molecule has 0 amide bonds. The van der Waals surface area contributed by atoms with Crippen LogP contribution in [-0.2, 0) is 12.6 Å². The van der Waals surface area contributed by atoms with Crippen molar-refractivity contribution in [3.05, 3.63) is 94.6 Å². The van der Waals surface area contributed by atoms with Crippen LogP contribution in [0.2, 0.25) is 0 Å². The fourth-order valence-electron chi connectivity index (χ4n) is 3.99. The molecule has 0 nitrogen and oxygen atoms in total. The lowest BCUT2D eigenvalue weighted by Gasteiger charge is -2.09. The van der Waals surface area contributed by atoms with Crippen molar-refractivity contribution in [2.75, 3.05) is 0 Å². The second-order valence-corrected chi connectivity index (χ2v) is 8.08. The Kier molecular flexibility index (Phi) is 6.37. The molecule has 0 saturated carbocycles. The van der Waals surface area contributed by atoms with Gasteiger partial charge in [-0.15, -0.1) is 0 Å². The minimum Gasteiger partial charge on any atom is -0.206 e. The van der Waals surface area contributed by atoms with E-state index in [1.54, 1.807) is 6.07 Å². The summed E-state index contributed by atoms with van der Waals surface area (Å²) >= 11 is 0. The van der Waals surface area contributed by atoms with Gasteiger partial charge in [0.1, 0.15) is 17.2 Å². The SMILES string of the molecule is CCCCCc1ccc2c(ccc3cc(C#Cc4cc(F)c(C(F)(F)F)c(F)c4)ccc32)c1. The lowest BCUT2D eigenvalue weighted by molar-refractivity contribution is -0.142. The average molecular weight is 452 g/mol. The number of unbranched alkanes of at least 4 members (excludes halogenated alkanes) is 2. The Bertz CT molecular complexity index is 1360. The molecule has 168 valence electrons. The Balaban J connectivity index is 1.64. The van der Waals surface area contributed by atoms with E-state index in [-0.39, 0.29) is 5.56 Å². The van der Waals surface area contributed by atoms with Crippen molar-refractivity contribution in [3.8, 4) is 11.8 Å². The zero-order valence-corrected chi connectivity index (χ0v) is 18.0. The molecule has 0 fully saturated rings. The smallest absolute Gasteiger partial charge is 0.206 e. The molecule has 4 rings (SSSR count). The van der Waals surface area contributed by atoms with Gasteiger partial charge >= 0.3 is 6.18 Å². The van der Waals surface area contributed by atoms with E-state index in [4.69, 9.17) is 0 Å². The molecule has 0 aliphatic heterocycles. The molecule has 0 atom stereocenters. The molecule has 33 heavy (non-hydrogen) atoms. The van der Waals surface area contributed by atoms with Crippen molar-refractivity contribution in [2.24, 2.45) is 0 Å². The zero-order chi connectivity index (χ0) is 23.6. The predicted molar refractivity (Wildman–Crippen MR) is 122 cm³/mol. The molecule has 0 unspecified atom stereocenters. The summed E-state index contributed by atoms with van der Waals surface area (Å²) in [5, 5.41) is 4.30. The van der Waals surface area contributed by atoms with Gasteiger partial charge in [0.25, 0.3) is 0 Å². The van der Waals surface area contributed by atoms with E-state index in [1.807, 2.05) is 18.2 Å². The van der Waals surface area contributed by atoms with Crippen LogP contribution in [0.3, 0.4) is 0 Å². The molecular formula is C28H21F5. The summed E-state index contributed by atoms with van der Waals surface area (Å²) in [6, 6.07) is 17.3. The second kappa shape index (κ2) is 9.23. The Labute approximate surface area is 189 Å². The van der Waals surface area contributed by atoms with Gasteiger partial charge < -0.3 is 0 Å². The van der Waals surface area contributed by atoms with Gasteiger partial charge in [0.2, 0.25) is 0 Å². The van der Waals surface area contributed by atoms with Gasteiger partial charge in [-0.3, -0.25) is 0 Å². The topological polar surface area (TPSA) is 0 Å². The van der Waals surface area contributed by atoms with Crippen LogP contribution >= 0.6 is 0 Å². The highest BCUT2D eigenvalue weighted by molar-refractivity contribution is 6.07. The Morgan fingerprint density at radius 2 is 1.30 bits per heavy atom. The molecule has 5 heteroatoms. The molecule has 0 heterocycles. The van der Waals surface area contributed by atoms with Crippen molar-refractivity contribution in [1.29, 1.82) is 0 Å². The van der Waals surface area contributed by atoms with Crippen LogP contribution in [0.1, 0.15) is 48.4 Å². The van der Waals surface area contributed by atoms with Crippen LogP contribution < -0.4 is 0 Å². The van der Waals surface area contributed by atoms with Gasteiger partial charge in [0.15, 0.2) is 0 Å². The average Bonchev–Trinajstić information content (AvgIpc) is 2.76. The minimum atomic E-state index is -5.10. The number of hydrogen-bond acceptors (Lipinski definition) is 0. The predicted octanol–water partition coefficient (Wildman–Crippen LogP) is 8.42. The lowest BCUT2D eigenvalue weighted by Crippen LogP contribution is -2.11. The largest absolute Gasteiger partial charge is 0.422 e. The molecule has 0 radical (unpaired) electrons. The molecule has 4 aromatic rings. The number of fused-ring (bicyclic) bond motifs is 3. The minimum absolute atomic E-state index is 0.160. The molecular weight excluding hydrogens is 431 g/mol. The van der Waals surface area contributed by atoms with Gasteiger partial charge in [-0.05, 0) is 64.2 Å². The van der Waals surface area contributed by atoms with Crippen molar-refractivity contribution in [3.63, 3.8) is 0 Å². The number of hydrogen-bond donors (Lipinski definition) is 0. The van der Waals surface area contributed by atoms with Crippen molar-refractivity contribution in [1.82, 2.24) is 0 Å². The lowest BCUT2D eigenvalue weighted by atomic mass is 9.97. The van der Waals surface area contributed by atoms with Gasteiger partial charge in [-0.2, -0.15) is 13.2 Å². The number of rotatable bonds is 4. The summed E-state index contributed by atoms with van der Waals surface area (Å²) in [6.07, 6.45) is -0.471. The highest BCUT2D eigenvalue weighted by Crippen LogP contribution is 2.34. The second-order valence-electron chi connectivity index (χ2n) is 8.08. The maximum absolute atomic E-state index is 13.8. The zero-order valence-electron chi connectivity index (χ0n) is 18.0. The third-order valence-corrected chi connectivity index (χ3v) is 5.65. The molecule has 0 spiro atoms. The van der Waals surface area contributed by atoms with E-state index < -0.39 is 23.4 Å². The van der Waals surface area contributed by atoms with Crippen LogP contribution in [0, 0.1) is 23.5 Å². The number of aryl methyl sites for hydroxylation is 1. The van der Waals surface area contributed by atoms with Gasteiger partial charge in [0.05, 0.1) is 0 Å². The van der Waals surface area contributed by atoms with E-state index in [9.17, 15) is 22.0 Å². The highest BCUT2D eigenvalue weighted by atomic mass is 19.4. The standard InChI is InChI=1S/C28H21F5/c1-2-3-4-5-18-8-12-23-21(14-18)10-11-22-15-19(9-13-24(22)23)6-7-20-16-25(29)27(26(30)17-20)28(31,32)33/h8-17H,2-5H2,1H3. The van der Waals surface area contributed by atoms with E-state index in [2.05, 4.69) is 43.0 Å². The molecule has 0 bridgehead atoms. The summed E-state index contributed by atoms with van der Waals surface area (Å²) in [5.41, 5.74) is -0.154. The van der Waals surface area contributed by atoms with Gasteiger partial charge in [0, 0.05) is 11.1 Å². The van der Waals surface area contributed by atoms with E-state index in [1.165, 1.54) is 24.8 Å². The Hall–Kier alpha value is -3.39. The number of alkyl halides is 3.